The molecule has 2 aliphatic rings. The van der Waals surface area contributed by atoms with Crippen LogP contribution in [0.1, 0.15) is 43.6 Å². The predicted octanol–water partition coefficient (Wildman–Crippen LogP) is 4.72. The lowest BCUT2D eigenvalue weighted by Crippen LogP contribution is -2.38. The summed E-state index contributed by atoms with van der Waals surface area (Å²) in [6, 6.07) is 18.8. The van der Waals surface area contributed by atoms with E-state index in [-0.39, 0.29) is 0 Å². The zero-order valence-corrected chi connectivity index (χ0v) is 14.7. The highest BCUT2D eigenvalue weighted by molar-refractivity contribution is 6.30. The summed E-state index contributed by atoms with van der Waals surface area (Å²) in [5, 5.41) is 4.63. The first-order valence-corrected chi connectivity index (χ1v) is 9.44. The van der Waals surface area contributed by atoms with Crippen LogP contribution in [-0.4, -0.2) is 18.1 Å². The molecule has 0 amide bonds. The Hall–Kier alpha value is -1.35. The first-order chi connectivity index (χ1) is 11.7. The molecule has 2 nitrogen and oxygen atoms in total. The predicted molar refractivity (Wildman–Crippen MR) is 101 cm³/mol. The topological polar surface area (TPSA) is 38.0 Å². The van der Waals surface area contributed by atoms with E-state index in [4.69, 9.17) is 17.3 Å². The lowest BCUT2D eigenvalue weighted by Gasteiger charge is -2.27. The van der Waals surface area contributed by atoms with Gasteiger partial charge in [0, 0.05) is 29.1 Å². The lowest BCUT2D eigenvalue weighted by molar-refractivity contribution is 0.339. The SMILES string of the molecule is NC1CCC(N[C@H]2C[C@@H]2c2ccc(-c3cccc(Cl)c3)cc2)CC1. The molecule has 0 aromatic heterocycles. The number of halogens is 1. The van der Waals surface area contributed by atoms with Crippen molar-refractivity contribution < 1.29 is 0 Å². The van der Waals surface area contributed by atoms with Crippen molar-refractivity contribution in [2.24, 2.45) is 5.73 Å². The molecule has 0 heterocycles. The smallest absolute Gasteiger partial charge is 0.0412 e. The van der Waals surface area contributed by atoms with Crippen molar-refractivity contribution in [3.63, 3.8) is 0 Å². The van der Waals surface area contributed by atoms with Crippen LogP contribution in [0.2, 0.25) is 5.02 Å². The Kier molecular flexibility index (Phi) is 4.62. The van der Waals surface area contributed by atoms with Crippen LogP contribution in [-0.2, 0) is 0 Å². The molecule has 0 spiro atoms. The van der Waals surface area contributed by atoms with Crippen LogP contribution < -0.4 is 11.1 Å². The van der Waals surface area contributed by atoms with E-state index in [9.17, 15) is 0 Å². The van der Waals surface area contributed by atoms with Gasteiger partial charge in [-0.3, -0.25) is 0 Å². The molecule has 2 atom stereocenters. The van der Waals surface area contributed by atoms with Crippen LogP contribution in [0, 0.1) is 0 Å². The summed E-state index contributed by atoms with van der Waals surface area (Å²) < 4.78 is 0. The largest absolute Gasteiger partial charge is 0.328 e. The van der Waals surface area contributed by atoms with Gasteiger partial charge in [-0.2, -0.15) is 0 Å². The summed E-state index contributed by atoms with van der Waals surface area (Å²) >= 11 is 6.09. The van der Waals surface area contributed by atoms with E-state index in [1.807, 2.05) is 18.2 Å². The first-order valence-electron chi connectivity index (χ1n) is 9.06. The van der Waals surface area contributed by atoms with Crippen molar-refractivity contribution in [1.29, 1.82) is 0 Å². The Bertz CT molecular complexity index is 689. The molecule has 24 heavy (non-hydrogen) atoms. The van der Waals surface area contributed by atoms with Gasteiger partial charge in [0.2, 0.25) is 0 Å². The minimum Gasteiger partial charge on any atom is -0.328 e. The average molecular weight is 341 g/mol. The summed E-state index contributed by atoms with van der Waals surface area (Å²) in [7, 11) is 0. The van der Waals surface area contributed by atoms with E-state index >= 15 is 0 Å². The monoisotopic (exact) mass is 340 g/mol. The van der Waals surface area contributed by atoms with Gasteiger partial charge in [0.15, 0.2) is 0 Å². The highest BCUT2D eigenvalue weighted by Crippen LogP contribution is 2.42. The third-order valence-corrected chi connectivity index (χ3v) is 5.74. The van der Waals surface area contributed by atoms with Crippen LogP contribution >= 0.6 is 11.6 Å². The summed E-state index contributed by atoms with van der Waals surface area (Å²) in [6.45, 7) is 0. The van der Waals surface area contributed by atoms with Gasteiger partial charge in [-0.15, -0.1) is 0 Å². The van der Waals surface area contributed by atoms with Crippen molar-refractivity contribution in [2.75, 3.05) is 0 Å². The zero-order chi connectivity index (χ0) is 16.5. The molecule has 0 aliphatic heterocycles. The van der Waals surface area contributed by atoms with Crippen LogP contribution in [0.4, 0.5) is 0 Å². The first kappa shape index (κ1) is 16.1. The fourth-order valence-electron chi connectivity index (χ4n) is 3.93. The molecule has 2 fully saturated rings. The third-order valence-electron chi connectivity index (χ3n) is 5.51. The molecule has 0 unspecified atom stereocenters. The van der Waals surface area contributed by atoms with Gasteiger partial charge in [-0.25, -0.2) is 0 Å². The zero-order valence-electron chi connectivity index (χ0n) is 13.9. The van der Waals surface area contributed by atoms with E-state index in [1.165, 1.54) is 48.8 Å². The molecule has 3 heteroatoms. The molecule has 2 saturated carbocycles. The molecule has 126 valence electrons. The maximum Gasteiger partial charge on any atom is 0.0412 e. The molecule has 3 N–H and O–H groups in total. The minimum absolute atomic E-state index is 0.428. The number of benzene rings is 2. The maximum atomic E-state index is 6.09. The second-order valence-electron chi connectivity index (χ2n) is 7.36. The molecule has 2 aromatic carbocycles. The van der Waals surface area contributed by atoms with Crippen molar-refractivity contribution in [1.82, 2.24) is 5.32 Å². The maximum absolute atomic E-state index is 6.09. The molecule has 0 bridgehead atoms. The number of nitrogens with two attached hydrogens (primary N) is 1. The van der Waals surface area contributed by atoms with Crippen molar-refractivity contribution >= 4 is 11.6 Å². The molecule has 0 saturated heterocycles. The van der Waals surface area contributed by atoms with Gasteiger partial charge in [-0.05, 0) is 60.9 Å². The van der Waals surface area contributed by atoms with Crippen molar-refractivity contribution in [3.8, 4) is 11.1 Å². The third kappa shape index (κ3) is 3.66. The second-order valence-corrected chi connectivity index (χ2v) is 7.80. The highest BCUT2D eigenvalue weighted by Gasteiger charge is 2.39. The minimum atomic E-state index is 0.428. The lowest BCUT2D eigenvalue weighted by atomic mass is 9.92. The molecular weight excluding hydrogens is 316 g/mol. The Morgan fingerprint density at radius 3 is 2.38 bits per heavy atom. The fraction of sp³-hybridized carbons (Fsp3) is 0.429. The van der Waals surface area contributed by atoms with E-state index in [0.717, 1.165) is 5.02 Å². The van der Waals surface area contributed by atoms with Gasteiger partial charge < -0.3 is 11.1 Å². The van der Waals surface area contributed by atoms with E-state index in [2.05, 4.69) is 35.6 Å². The van der Waals surface area contributed by atoms with Crippen molar-refractivity contribution in [2.45, 2.75) is 56.1 Å². The number of hydrogen-bond donors (Lipinski definition) is 2. The summed E-state index contributed by atoms with van der Waals surface area (Å²) in [6.07, 6.45) is 6.07. The standard InChI is InChI=1S/C21H25ClN2/c22-17-3-1-2-16(12-17)14-4-6-15(7-5-14)20-13-21(20)24-19-10-8-18(23)9-11-19/h1-7,12,18-21,24H,8-11,13,23H2/t18?,19?,20-,21+/m1/s1. The van der Waals surface area contributed by atoms with Crippen LogP contribution in [0.15, 0.2) is 48.5 Å². The Morgan fingerprint density at radius 2 is 1.67 bits per heavy atom. The van der Waals surface area contributed by atoms with Crippen LogP contribution in [0.5, 0.6) is 0 Å². The van der Waals surface area contributed by atoms with E-state index in [0.29, 0.717) is 24.0 Å². The fourth-order valence-corrected chi connectivity index (χ4v) is 4.12. The number of rotatable bonds is 4. The molecular formula is C21H25ClN2. The van der Waals surface area contributed by atoms with Gasteiger partial charge in [0.25, 0.3) is 0 Å². The highest BCUT2D eigenvalue weighted by atomic mass is 35.5. The van der Waals surface area contributed by atoms with Gasteiger partial charge in [0.1, 0.15) is 0 Å². The number of nitrogens with one attached hydrogen (secondary N) is 1. The normalized spacial score (nSPS) is 29.4. The summed E-state index contributed by atoms with van der Waals surface area (Å²) in [4.78, 5) is 0. The van der Waals surface area contributed by atoms with Crippen LogP contribution in [0.3, 0.4) is 0 Å². The Balaban J connectivity index is 1.36. The Morgan fingerprint density at radius 1 is 0.917 bits per heavy atom. The number of hydrogen-bond acceptors (Lipinski definition) is 2. The average Bonchev–Trinajstić information content (AvgIpc) is 3.36. The van der Waals surface area contributed by atoms with Gasteiger partial charge in [-0.1, -0.05) is 48.0 Å². The molecule has 2 aromatic rings. The Labute approximate surface area is 149 Å². The summed E-state index contributed by atoms with van der Waals surface area (Å²) in [5.41, 5.74) is 9.86. The second kappa shape index (κ2) is 6.87. The van der Waals surface area contributed by atoms with Crippen molar-refractivity contribution in [3.05, 3.63) is 59.1 Å². The van der Waals surface area contributed by atoms with E-state index < -0.39 is 0 Å². The van der Waals surface area contributed by atoms with Gasteiger partial charge >= 0.3 is 0 Å². The quantitative estimate of drug-likeness (QED) is 0.845. The van der Waals surface area contributed by atoms with Crippen LogP contribution in [0.25, 0.3) is 11.1 Å². The molecule has 0 radical (unpaired) electrons. The van der Waals surface area contributed by atoms with E-state index in [1.54, 1.807) is 0 Å². The summed E-state index contributed by atoms with van der Waals surface area (Å²) in [5.74, 6) is 0.675. The molecule has 4 rings (SSSR count). The van der Waals surface area contributed by atoms with Gasteiger partial charge in [0.05, 0.1) is 0 Å². The molecule has 2 aliphatic carbocycles.